The molecule has 0 spiro atoms. The van der Waals surface area contributed by atoms with Gasteiger partial charge in [0.05, 0.1) is 0 Å². The van der Waals surface area contributed by atoms with Gasteiger partial charge in [-0.1, -0.05) is 0 Å². The lowest BCUT2D eigenvalue weighted by atomic mass is 10.3. The third-order valence-corrected chi connectivity index (χ3v) is 1.98. The highest BCUT2D eigenvalue weighted by Crippen LogP contribution is 1.98. The Morgan fingerprint density at radius 1 is 1.50 bits per heavy atom. The van der Waals surface area contributed by atoms with Crippen LogP contribution in [0.15, 0.2) is 12.3 Å². The van der Waals surface area contributed by atoms with Crippen LogP contribution in [-0.4, -0.2) is 23.4 Å². The molecular formula is C9H17N3. The normalized spacial score (nSPS) is 10.5. The van der Waals surface area contributed by atoms with Gasteiger partial charge in [0.2, 0.25) is 0 Å². The molecule has 0 saturated heterocycles. The molecule has 3 heteroatoms. The largest absolute Gasteiger partial charge is 0.320 e. The van der Waals surface area contributed by atoms with Gasteiger partial charge >= 0.3 is 0 Å². The molecule has 3 nitrogen and oxygen atoms in total. The van der Waals surface area contributed by atoms with Crippen molar-refractivity contribution in [1.29, 1.82) is 0 Å². The van der Waals surface area contributed by atoms with E-state index in [9.17, 15) is 0 Å². The highest BCUT2D eigenvalue weighted by Gasteiger charge is 1.94. The van der Waals surface area contributed by atoms with E-state index in [1.165, 1.54) is 18.5 Å². The van der Waals surface area contributed by atoms with Crippen molar-refractivity contribution in [2.45, 2.75) is 26.3 Å². The predicted molar refractivity (Wildman–Crippen MR) is 50.1 cm³/mol. The number of hydrogen-bond donors (Lipinski definition) is 1. The molecule has 1 heterocycles. The molecule has 0 atom stereocenters. The third kappa shape index (κ3) is 2.66. The minimum atomic E-state index is 1.04. The van der Waals surface area contributed by atoms with E-state index in [0.717, 1.165) is 13.1 Å². The first-order valence-corrected chi connectivity index (χ1v) is 4.47. The van der Waals surface area contributed by atoms with Crippen LogP contribution in [0.1, 0.15) is 18.5 Å². The molecule has 0 amide bonds. The van der Waals surface area contributed by atoms with Crippen LogP contribution in [-0.2, 0) is 6.54 Å². The molecule has 0 saturated carbocycles. The molecule has 12 heavy (non-hydrogen) atoms. The Morgan fingerprint density at radius 3 is 2.92 bits per heavy atom. The maximum atomic E-state index is 4.21. The van der Waals surface area contributed by atoms with E-state index in [1.54, 1.807) is 0 Å². The Balaban J connectivity index is 2.20. The Labute approximate surface area is 73.8 Å². The molecule has 0 fully saturated rings. The van der Waals surface area contributed by atoms with Gasteiger partial charge in [-0.25, -0.2) is 0 Å². The van der Waals surface area contributed by atoms with Crippen LogP contribution in [0.25, 0.3) is 0 Å². The van der Waals surface area contributed by atoms with Crippen molar-refractivity contribution < 1.29 is 0 Å². The average molecular weight is 167 g/mol. The second-order valence-corrected chi connectivity index (χ2v) is 3.01. The predicted octanol–water partition coefficient (Wildman–Crippen LogP) is 1.19. The van der Waals surface area contributed by atoms with E-state index in [2.05, 4.69) is 22.0 Å². The van der Waals surface area contributed by atoms with Crippen molar-refractivity contribution >= 4 is 0 Å². The first-order chi connectivity index (χ1) is 5.84. The first-order valence-electron chi connectivity index (χ1n) is 4.47. The molecule has 0 aromatic carbocycles. The molecule has 0 aliphatic carbocycles. The van der Waals surface area contributed by atoms with Gasteiger partial charge in [-0.05, 0) is 39.4 Å². The van der Waals surface area contributed by atoms with Gasteiger partial charge in [0.15, 0.2) is 0 Å². The Morgan fingerprint density at radius 2 is 2.33 bits per heavy atom. The van der Waals surface area contributed by atoms with Gasteiger partial charge in [-0.3, -0.25) is 4.68 Å². The number of unbranched alkanes of at least 4 members (excludes halogenated alkanes) is 1. The van der Waals surface area contributed by atoms with Gasteiger partial charge in [0.25, 0.3) is 0 Å². The highest BCUT2D eigenvalue weighted by molar-refractivity contribution is 4.96. The molecule has 0 radical (unpaired) electrons. The maximum Gasteiger partial charge on any atom is 0.0492 e. The Hall–Kier alpha value is -0.830. The van der Waals surface area contributed by atoms with Gasteiger partial charge in [0, 0.05) is 18.4 Å². The third-order valence-electron chi connectivity index (χ3n) is 1.98. The summed E-state index contributed by atoms with van der Waals surface area (Å²) in [5, 5.41) is 7.34. The summed E-state index contributed by atoms with van der Waals surface area (Å²) in [7, 11) is 1.99. The molecule has 1 aromatic rings. The Bertz CT molecular complexity index is 217. The fourth-order valence-electron chi connectivity index (χ4n) is 1.20. The van der Waals surface area contributed by atoms with Crippen LogP contribution in [0.2, 0.25) is 0 Å². The summed E-state index contributed by atoms with van der Waals surface area (Å²) in [4.78, 5) is 0. The highest BCUT2D eigenvalue weighted by atomic mass is 15.3. The minimum absolute atomic E-state index is 1.04. The monoisotopic (exact) mass is 167 g/mol. The summed E-state index contributed by atoms with van der Waals surface area (Å²) in [6, 6.07) is 2.04. The zero-order chi connectivity index (χ0) is 8.81. The van der Waals surface area contributed by atoms with Crippen LogP contribution in [0, 0.1) is 6.92 Å². The SMILES string of the molecule is CNCCCCn1nccc1C. The number of rotatable bonds is 5. The van der Waals surface area contributed by atoms with E-state index < -0.39 is 0 Å². The summed E-state index contributed by atoms with van der Waals surface area (Å²) in [6.45, 7) is 4.23. The van der Waals surface area contributed by atoms with E-state index in [-0.39, 0.29) is 0 Å². The molecule has 0 bridgehead atoms. The van der Waals surface area contributed by atoms with Gasteiger partial charge in [-0.2, -0.15) is 5.10 Å². The first kappa shape index (κ1) is 9.26. The zero-order valence-corrected chi connectivity index (χ0v) is 7.88. The standard InChI is InChI=1S/C9H17N3/c1-9-5-7-11-12(9)8-4-3-6-10-2/h5,7,10H,3-4,6,8H2,1-2H3. The average Bonchev–Trinajstić information content (AvgIpc) is 2.46. The summed E-state index contributed by atoms with van der Waals surface area (Å²) >= 11 is 0. The summed E-state index contributed by atoms with van der Waals surface area (Å²) in [6.07, 6.45) is 4.27. The minimum Gasteiger partial charge on any atom is -0.320 e. The molecule has 0 aliphatic heterocycles. The van der Waals surface area contributed by atoms with Crippen molar-refractivity contribution in [3.05, 3.63) is 18.0 Å². The Kier molecular flexibility index (Phi) is 3.80. The molecule has 1 N–H and O–H groups in total. The summed E-state index contributed by atoms with van der Waals surface area (Å²) in [5.74, 6) is 0. The van der Waals surface area contributed by atoms with Crippen molar-refractivity contribution in [2.75, 3.05) is 13.6 Å². The van der Waals surface area contributed by atoms with E-state index in [1.807, 2.05) is 19.3 Å². The van der Waals surface area contributed by atoms with Crippen LogP contribution in [0.3, 0.4) is 0 Å². The molecule has 68 valence electrons. The lowest BCUT2D eigenvalue weighted by molar-refractivity contribution is 0.538. The lowest BCUT2D eigenvalue weighted by Gasteiger charge is -2.03. The maximum absolute atomic E-state index is 4.21. The number of nitrogens with zero attached hydrogens (tertiary/aromatic N) is 2. The summed E-state index contributed by atoms with van der Waals surface area (Å²) in [5.41, 5.74) is 1.25. The van der Waals surface area contributed by atoms with Gasteiger partial charge < -0.3 is 5.32 Å². The number of hydrogen-bond acceptors (Lipinski definition) is 2. The van der Waals surface area contributed by atoms with Crippen LogP contribution >= 0.6 is 0 Å². The molecule has 1 rings (SSSR count). The fourth-order valence-corrected chi connectivity index (χ4v) is 1.20. The lowest BCUT2D eigenvalue weighted by Crippen LogP contribution is -2.09. The molecule has 0 unspecified atom stereocenters. The van der Waals surface area contributed by atoms with Crippen LogP contribution in [0.4, 0.5) is 0 Å². The summed E-state index contributed by atoms with van der Waals surface area (Å²) < 4.78 is 2.05. The van der Waals surface area contributed by atoms with Crippen LogP contribution < -0.4 is 5.32 Å². The molecule has 1 aromatic heterocycles. The number of nitrogens with one attached hydrogen (secondary N) is 1. The van der Waals surface area contributed by atoms with Crippen molar-refractivity contribution in [3.8, 4) is 0 Å². The number of aromatic nitrogens is 2. The smallest absolute Gasteiger partial charge is 0.0492 e. The van der Waals surface area contributed by atoms with Gasteiger partial charge in [0.1, 0.15) is 0 Å². The zero-order valence-electron chi connectivity index (χ0n) is 7.88. The van der Waals surface area contributed by atoms with Gasteiger partial charge in [-0.15, -0.1) is 0 Å². The number of aryl methyl sites for hydroxylation is 2. The van der Waals surface area contributed by atoms with Crippen molar-refractivity contribution in [3.63, 3.8) is 0 Å². The second kappa shape index (κ2) is 4.93. The fraction of sp³-hybridized carbons (Fsp3) is 0.667. The van der Waals surface area contributed by atoms with E-state index in [0.29, 0.717) is 0 Å². The van der Waals surface area contributed by atoms with E-state index >= 15 is 0 Å². The molecule has 0 aliphatic rings. The second-order valence-electron chi connectivity index (χ2n) is 3.01. The van der Waals surface area contributed by atoms with Crippen molar-refractivity contribution in [2.24, 2.45) is 0 Å². The topological polar surface area (TPSA) is 29.9 Å². The molecular weight excluding hydrogens is 150 g/mol. The van der Waals surface area contributed by atoms with Crippen molar-refractivity contribution in [1.82, 2.24) is 15.1 Å². The quantitative estimate of drug-likeness (QED) is 0.668. The van der Waals surface area contributed by atoms with E-state index in [4.69, 9.17) is 0 Å². The van der Waals surface area contributed by atoms with Crippen LogP contribution in [0.5, 0.6) is 0 Å².